The SMILES string of the molecule is COc1nccc2oc(S(N)(=O)=O)cc12. The lowest BCUT2D eigenvalue weighted by molar-refractivity contribution is 0.403. The summed E-state index contributed by atoms with van der Waals surface area (Å²) in [5.41, 5.74) is 0.367. The van der Waals surface area contributed by atoms with Crippen molar-refractivity contribution in [2.75, 3.05) is 7.11 Å². The summed E-state index contributed by atoms with van der Waals surface area (Å²) in [6.45, 7) is 0. The lowest BCUT2D eigenvalue weighted by atomic mass is 10.3. The highest BCUT2D eigenvalue weighted by Crippen LogP contribution is 2.27. The van der Waals surface area contributed by atoms with Crippen molar-refractivity contribution in [3.63, 3.8) is 0 Å². The molecule has 0 bridgehead atoms. The van der Waals surface area contributed by atoms with Gasteiger partial charge in [-0.05, 0) is 0 Å². The molecule has 15 heavy (non-hydrogen) atoms. The summed E-state index contributed by atoms with van der Waals surface area (Å²) in [6, 6.07) is 2.82. The molecule has 0 radical (unpaired) electrons. The van der Waals surface area contributed by atoms with Crippen molar-refractivity contribution in [1.29, 1.82) is 0 Å². The van der Waals surface area contributed by atoms with E-state index >= 15 is 0 Å². The Bertz CT molecular complexity index is 602. The smallest absolute Gasteiger partial charge is 0.271 e. The first kappa shape index (κ1) is 9.94. The van der Waals surface area contributed by atoms with Crippen LogP contribution in [0.15, 0.2) is 27.8 Å². The minimum Gasteiger partial charge on any atom is -0.480 e. The molecule has 2 rings (SSSR count). The van der Waals surface area contributed by atoms with Crippen molar-refractivity contribution >= 4 is 21.0 Å². The third-order valence-corrected chi connectivity index (χ3v) is 2.62. The van der Waals surface area contributed by atoms with Crippen molar-refractivity contribution in [1.82, 2.24) is 4.98 Å². The van der Waals surface area contributed by atoms with Gasteiger partial charge in [0.2, 0.25) is 11.0 Å². The minimum atomic E-state index is -3.84. The molecule has 0 saturated carbocycles. The fourth-order valence-electron chi connectivity index (χ4n) is 1.22. The van der Waals surface area contributed by atoms with Crippen molar-refractivity contribution < 1.29 is 17.6 Å². The first-order chi connectivity index (χ1) is 7.02. The Morgan fingerprint density at radius 2 is 2.27 bits per heavy atom. The van der Waals surface area contributed by atoms with Crippen molar-refractivity contribution in [3.8, 4) is 5.88 Å². The van der Waals surface area contributed by atoms with Crippen molar-refractivity contribution in [2.24, 2.45) is 5.14 Å². The van der Waals surface area contributed by atoms with Crippen LogP contribution in [0.2, 0.25) is 0 Å². The summed E-state index contributed by atoms with van der Waals surface area (Å²) < 4.78 is 32.0. The Balaban J connectivity index is 2.76. The molecular weight excluding hydrogens is 220 g/mol. The number of aromatic nitrogens is 1. The van der Waals surface area contributed by atoms with E-state index < -0.39 is 10.0 Å². The summed E-state index contributed by atoms with van der Waals surface area (Å²) >= 11 is 0. The van der Waals surface area contributed by atoms with Gasteiger partial charge in [0.25, 0.3) is 10.0 Å². The van der Waals surface area contributed by atoms with Gasteiger partial charge >= 0.3 is 0 Å². The number of primary sulfonamides is 1. The Kier molecular flexibility index (Phi) is 2.13. The van der Waals surface area contributed by atoms with Gasteiger partial charge in [0.15, 0.2) is 0 Å². The van der Waals surface area contributed by atoms with Gasteiger partial charge in [0, 0.05) is 18.3 Å². The van der Waals surface area contributed by atoms with E-state index in [1.165, 1.54) is 25.4 Å². The summed E-state index contributed by atoms with van der Waals surface area (Å²) in [5, 5.41) is 5.10. The number of rotatable bonds is 2. The summed E-state index contributed by atoms with van der Waals surface area (Å²) in [7, 11) is -2.40. The lowest BCUT2D eigenvalue weighted by Gasteiger charge is -1.96. The number of furan rings is 1. The van der Waals surface area contributed by atoms with E-state index in [0.29, 0.717) is 16.8 Å². The molecule has 0 amide bonds. The zero-order valence-electron chi connectivity index (χ0n) is 7.80. The molecule has 2 heterocycles. The van der Waals surface area contributed by atoms with E-state index in [2.05, 4.69) is 4.98 Å². The van der Waals surface area contributed by atoms with Gasteiger partial charge < -0.3 is 9.15 Å². The van der Waals surface area contributed by atoms with E-state index in [1.807, 2.05) is 0 Å². The maximum atomic E-state index is 11.0. The molecule has 0 unspecified atom stereocenters. The van der Waals surface area contributed by atoms with E-state index in [4.69, 9.17) is 14.3 Å². The number of ether oxygens (including phenoxy) is 1. The zero-order valence-corrected chi connectivity index (χ0v) is 8.61. The predicted octanol–water partition coefficient (Wildman–Crippen LogP) is 0.484. The second kappa shape index (κ2) is 3.21. The molecule has 0 saturated heterocycles. The number of methoxy groups -OCH3 is 1. The molecule has 2 aromatic heterocycles. The summed E-state index contributed by atoms with van der Waals surface area (Å²) in [6.07, 6.45) is 1.46. The monoisotopic (exact) mass is 228 g/mol. The first-order valence-electron chi connectivity index (χ1n) is 3.97. The van der Waals surface area contributed by atoms with Gasteiger partial charge in [-0.2, -0.15) is 0 Å². The molecule has 0 aliphatic heterocycles. The van der Waals surface area contributed by atoms with Crippen LogP contribution >= 0.6 is 0 Å². The van der Waals surface area contributed by atoms with Crippen LogP contribution in [0, 0.1) is 0 Å². The zero-order chi connectivity index (χ0) is 11.1. The molecule has 0 aliphatic rings. The van der Waals surface area contributed by atoms with Gasteiger partial charge in [-0.1, -0.05) is 0 Å². The van der Waals surface area contributed by atoms with Crippen molar-refractivity contribution in [3.05, 3.63) is 18.3 Å². The number of pyridine rings is 1. The molecule has 6 nitrogen and oxygen atoms in total. The van der Waals surface area contributed by atoms with Crippen LogP contribution < -0.4 is 9.88 Å². The molecular formula is C8H8N2O4S. The predicted molar refractivity (Wildman–Crippen MR) is 51.9 cm³/mol. The number of hydrogen-bond donors (Lipinski definition) is 1. The summed E-state index contributed by atoms with van der Waals surface area (Å²) in [5.74, 6) is 0.297. The molecule has 0 aliphatic carbocycles. The van der Waals surface area contributed by atoms with E-state index in [-0.39, 0.29) is 5.09 Å². The third-order valence-electron chi connectivity index (χ3n) is 1.86. The average molecular weight is 228 g/mol. The second-order valence-electron chi connectivity index (χ2n) is 2.84. The number of nitrogens with zero attached hydrogens (tertiary/aromatic N) is 1. The Morgan fingerprint density at radius 3 is 2.87 bits per heavy atom. The molecule has 0 atom stereocenters. The molecule has 7 heteroatoms. The van der Waals surface area contributed by atoms with Crippen LogP contribution in [0.5, 0.6) is 5.88 Å². The van der Waals surface area contributed by atoms with Crippen LogP contribution in [0.4, 0.5) is 0 Å². The number of nitrogens with two attached hydrogens (primary N) is 1. The molecule has 2 N–H and O–H groups in total. The average Bonchev–Trinajstić information content (AvgIpc) is 2.59. The maximum Gasteiger partial charge on any atom is 0.271 e. The largest absolute Gasteiger partial charge is 0.480 e. The standard InChI is InChI=1S/C8H8N2O4S/c1-13-8-5-4-7(15(9,11)12)14-6(5)2-3-10-8/h2-4H,1H3,(H2,9,11,12). The molecule has 0 fully saturated rings. The second-order valence-corrected chi connectivity index (χ2v) is 4.33. The quantitative estimate of drug-likeness (QED) is 0.806. The Labute approximate surface area is 85.7 Å². The molecule has 80 valence electrons. The number of sulfonamides is 1. The highest BCUT2D eigenvalue weighted by Gasteiger charge is 2.16. The summed E-state index contributed by atoms with van der Waals surface area (Å²) in [4.78, 5) is 3.90. The molecule has 2 aromatic rings. The molecule has 0 aromatic carbocycles. The van der Waals surface area contributed by atoms with Crippen molar-refractivity contribution in [2.45, 2.75) is 5.09 Å². The van der Waals surface area contributed by atoms with Gasteiger partial charge in [-0.25, -0.2) is 18.5 Å². The third kappa shape index (κ3) is 1.66. The van der Waals surface area contributed by atoms with Gasteiger partial charge in [0.1, 0.15) is 5.58 Å². The van der Waals surface area contributed by atoms with Crippen LogP contribution in [0.25, 0.3) is 11.0 Å². The topological polar surface area (TPSA) is 95.4 Å². The van der Waals surface area contributed by atoms with Gasteiger partial charge in [0.05, 0.1) is 12.5 Å². The van der Waals surface area contributed by atoms with E-state index in [0.717, 1.165) is 0 Å². The van der Waals surface area contributed by atoms with E-state index in [1.54, 1.807) is 0 Å². The normalized spacial score (nSPS) is 11.9. The van der Waals surface area contributed by atoms with Crippen LogP contribution in [-0.4, -0.2) is 20.5 Å². The van der Waals surface area contributed by atoms with Gasteiger partial charge in [-0.15, -0.1) is 0 Å². The van der Waals surface area contributed by atoms with Crippen LogP contribution in [-0.2, 0) is 10.0 Å². The minimum absolute atomic E-state index is 0.297. The molecule has 0 spiro atoms. The maximum absolute atomic E-state index is 11.0. The van der Waals surface area contributed by atoms with Crippen LogP contribution in [0.1, 0.15) is 0 Å². The Morgan fingerprint density at radius 1 is 1.53 bits per heavy atom. The van der Waals surface area contributed by atoms with E-state index in [9.17, 15) is 8.42 Å². The number of fused-ring (bicyclic) bond motifs is 1. The highest BCUT2D eigenvalue weighted by atomic mass is 32.2. The first-order valence-corrected chi connectivity index (χ1v) is 5.52. The fourth-order valence-corrected chi connectivity index (χ4v) is 1.71. The van der Waals surface area contributed by atoms with Gasteiger partial charge in [-0.3, -0.25) is 0 Å². The Hall–Kier alpha value is -1.60. The highest BCUT2D eigenvalue weighted by molar-refractivity contribution is 7.89. The van der Waals surface area contributed by atoms with Crippen LogP contribution in [0.3, 0.4) is 0 Å². The lowest BCUT2D eigenvalue weighted by Crippen LogP contribution is -2.10. The number of hydrogen-bond acceptors (Lipinski definition) is 5. The fraction of sp³-hybridized carbons (Fsp3) is 0.125.